The van der Waals surface area contributed by atoms with Gasteiger partial charge < -0.3 is 4.57 Å². The van der Waals surface area contributed by atoms with Crippen molar-refractivity contribution in [1.82, 2.24) is 14.8 Å². The first-order chi connectivity index (χ1) is 11.1. The van der Waals surface area contributed by atoms with E-state index in [1.807, 2.05) is 11.3 Å². The van der Waals surface area contributed by atoms with E-state index in [0.29, 0.717) is 12.0 Å². The molecule has 0 saturated heterocycles. The highest BCUT2D eigenvalue weighted by Gasteiger charge is 2.39. The maximum absolute atomic E-state index is 4.71. The molecule has 2 aromatic rings. The fourth-order valence-corrected chi connectivity index (χ4v) is 5.31. The quantitative estimate of drug-likeness (QED) is 0.655. The number of hydrogen-bond donors (Lipinski definition) is 0. The fraction of sp³-hybridized carbons (Fsp3) is 0.667. The summed E-state index contributed by atoms with van der Waals surface area (Å²) in [5.74, 6) is 3.05. The Bertz CT molecular complexity index is 693. The minimum Gasteiger partial charge on any atom is -0.311 e. The summed E-state index contributed by atoms with van der Waals surface area (Å²) in [6.07, 6.45) is 9.23. The smallest absolute Gasteiger partial charge is 0.144 e. The van der Waals surface area contributed by atoms with Crippen molar-refractivity contribution in [3.8, 4) is 0 Å². The van der Waals surface area contributed by atoms with E-state index in [4.69, 9.17) is 10.2 Å². The SMILES string of the molecule is CC(C)(c1ccc(Br)s1)c1nnc(C2CCCCC2)n1C1CC1. The number of aromatic nitrogens is 3. The van der Waals surface area contributed by atoms with Gasteiger partial charge in [0.2, 0.25) is 0 Å². The molecule has 4 rings (SSSR count). The van der Waals surface area contributed by atoms with Gasteiger partial charge in [0.05, 0.1) is 9.20 Å². The van der Waals surface area contributed by atoms with Gasteiger partial charge in [-0.05, 0) is 67.6 Å². The molecule has 0 bridgehead atoms. The largest absolute Gasteiger partial charge is 0.311 e. The lowest BCUT2D eigenvalue weighted by molar-refractivity contribution is 0.410. The second-order valence-corrected chi connectivity index (χ2v) is 10.0. The van der Waals surface area contributed by atoms with E-state index in [9.17, 15) is 0 Å². The normalized spacial score (nSPS) is 20.1. The van der Waals surface area contributed by atoms with Crippen LogP contribution in [0.5, 0.6) is 0 Å². The molecular formula is C18H24BrN3S. The second-order valence-electron chi connectivity index (χ2n) is 7.55. The Labute approximate surface area is 150 Å². The van der Waals surface area contributed by atoms with Gasteiger partial charge in [-0.3, -0.25) is 0 Å². The third-order valence-electron chi connectivity index (χ3n) is 5.35. The fourth-order valence-electron chi connectivity index (χ4n) is 3.82. The summed E-state index contributed by atoms with van der Waals surface area (Å²) in [7, 11) is 0. The molecule has 0 spiro atoms. The van der Waals surface area contributed by atoms with Crippen molar-refractivity contribution in [2.75, 3.05) is 0 Å². The Morgan fingerprint density at radius 1 is 1.09 bits per heavy atom. The van der Waals surface area contributed by atoms with Crippen LogP contribution >= 0.6 is 27.3 Å². The Hall–Kier alpha value is -0.680. The summed E-state index contributed by atoms with van der Waals surface area (Å²) in [4.78, 5) is 1.36. The Morgan fingerprint density at radius 3 is 2.43 bits per heavy atom. The van der Waals surface area contributed by atoms with Crippen LogP contribution in [-0.4, -0.2) is 14.8 Å². The second kappa shape index (κ2) is 5.99. The van der Waals surface area contributed by atoms with Gasteiger partial charge >= 0.3 is 0 Å². The Morgan fingerprint density at radius 2 is 1.83 bits per heavy atom. The van der Waals surface area contributed by atoms with Crippen molar-refractivity contribution in [3.63, 3.8) is 0 Å². The van der Waals surface area contributed by atoms with Gasteiger partial charge in [-0.25, -0.2) is 0 Å². The number of halogens is 1. The molecule has 0 radical (unpaired) electrons. The third kappa shape index (κ3) is 2.91. The molecule has 23 heavy (non-hydrogen) atoms. The summed E-state index contributed by atoms with van der Waals surface area (Å²) in [5.41, 5.74) is -0.0841. The lowest BCUT2D eigenvalue weighted by atomic mass is 9.87. The average molecular weight is 394 g/mol. The number of hydrogen-bond acceptors (Lipinski definition) is 3. The molecule has 5 heteroatoms. The maximum atomic E-state index is 4.71. The van der Waals surface area contributed by atoms with Crippen LogP contribution < -0.4 is 0 Å². The molecule has 2 heterocycles. The van der Waals surface area contributed by atoms with Crippen molar-refractivity contribution in [3.05, 3.63) is 32.4 Å². The van der Waals surface area contributed by atoms with Crippen molar-refractivity contribution in [2.45, 2.75) is 76.2 Å². The first-order valence-corrected chi connectivity index (χ1v) is 10.4. The average Bonchev–Trinajstić information content (AvgIpc) is 3.12. The maximum Gasteiger partial charge on any atom is 0.144 e. The van der Waals surface area contributed by atoms with Crippen molar-refractivity contribution in [1.29, 1.82) is 0 Å². The van der Waals surface area contributed by atoms with Gasteiger partial charge in [0, 0.05) is 16.8 Å². The lowest BCUT2D eigenvalue weighted by Crippen LogP contribution is -2.24. The van der Waals surface area contributed by atoms with E-state index < -0.39 is 0 Å². The van der Waals surface area contributed by atoms with Crippen LogP contribution in [0.1, 0.15) is 87.3 Å². The van der Waals surface area contributed by atoms with Crippen LogP contribution in [0.3, 0.4) is 0 Å². The minimum atomic E-state index is -0.0841. The van der Waals surface area contributed by atoms with Crippen LogP contribution in [0.15, 0.2) is 15.9 Å². The van der Waals surface area contributed by atoms with Gasteiger partial charge in [-0.15, -0.1) is 21.5 Å². The van der Waals surface area contributed by atoms with E-state index in [0.717, 1.165) is 5.82 Å². The molecule has 0 atom stereocenters. The highest BCUT2D eigenvalue weighted by molar-refractivity contribution is 9.11. The van der Waals surface area contributed by atoms with Gasteiger partial charge in [0.15, 0.2) is 0 Å². The summed E-state index contributed by atoms with van der Waals surface area (Å²) in [6.45, 7) is 4.58. The third-order valence-corrected chi connectivity index (χ3v) is 7.30. The summed E-state index contributed by atoms with van der Waals surface area (Å²) in [5, 5.41) is 9.42. The van der Waals surface area contributed by atoms with Gasteiger partial charge in [-0.2, -0.15) is 0 Å². The Balaban J connectivity index is 1.75. The molecule has 0 unspecified atom stereocenters. The van der Waals surface area contributed by atoms with Crippen molar-refractivity contribution in [2.24, 2.45) is 0 Å². The summed E-state index contributed by atoms with van der Waals surface area (Å²) in [6, 6.07) is 5.00. The molecule has 2 saturated carbocycles. The van der Waals surface area contributed by atoms with Gasteiger partial charge in [0.25, 0.3) is 0 Å². The molecule has 2 aliphatic carbocycles. The van der Waals surface area contributed by atoms with E-state index in [1.165, 1.54) is 59.4 Å². The zero-order valence-electron chi connectivity index (χ0n) is 13.9. The molecule has 2 fully saturated rings. The zero-order chi connectivity index (χ0) is 16.0. The number of rotatable bonds is 4. The molecule has 124 valence electrons. The molecule has 0 aromatic carbocycles. The van der Waals surface area contributed by atoms with Gasteiger partial charge in [0.1, 0.15) is 11.6 Å². The molecule has 2 aliphatic rings. The molecule has 2 aromatic heterocycles. The van der Waals surface area contributed by atoms with E-state index >= 15 is 0 Å². The molecule has 0 N–H and O–H groups in total. The van der Waals surface area contributed by atoms with Crippen LogP contribution in [0.2, 0.25) is 0 Å². The Kier molecular flexibility index (Phi) is 4.12. The molecule has 3 nitrogen and oxygen atoms in total. The lowest BCUT2D eigenvalue weighted by Gasteiger charge is -2.26. The van der Waals surface area contributed by atoms with Gasteiger partial charge in [-0.1, -0.05) is 19.3 Å². The van der Waals surface area contributed by atoms with E-state index in [-0.39, 0.29) is 5.41 Å². The summed E-state index contributed by atoms with van der Waals surface area (Å²) < 4.78 is 3.70. The zero-order valence-corrected chi connectivity index (χ0v) is 16.3. The first-order valence-electron chi connectivity index (χ1n) is 8.78. The monoisotopic (exact) mass is 393 g/mol. The molecule has 0 aliphatic heterocycles. The standard InChI is InChI=1S/C18H24BrN3S/c1-18(2,14-10-11-15(19)23-14)17-21-20-16(22(17)13-8-9-13)12-6-4-3-5-7-12/h10-13H,3-9H2,1-2H3. The summed E-state index contributed by atoms with van der Waals surface area (Å²) >= 11 is 5.41. The number of thiophene rings is 1. The van der Waals surface area contributed by atoms with E-state index in [1.54, 1.807) is 0 Å². The molecular weight excluding hydrogens is 370 g/mol. The van der Waals surface area contributed by atoms with Crippen LogP contribution in [0, 0.1) is 0 Å². The molecule has 0 amide bonds. The predicted octanol–water partition coefficient (Wildman–Crippen LogP) is 5.81. The van der Waals surface area contributed by atoms with E-state index in [2.05, 4.69) is 46.5 Å². The van der Waals surface area contributed by atoms with Crippen LogP contribution in [0.25, 0.3) is 0 Å². The highest BCUT2D eigenvalue weighted by Crippen LogP contribution is 2.45. The topological polar surface area (TPSA) is 30.7 Å². The van der Waals surface area contributed by atoms with Crippen molar-refractivity contribution >= 4 is 27.3 Å². The van der Waals surface area contributed by atoms with Crippen LogP contribution in [-0.2, 0) is 5.41 Å². The first kappa shape index (κ1) is 15.8. The predicted molar refractivity (Wildman–Crippen MR) is 98.3 cm³/mol. The minimum absolute atomic E-state index is 0.0841. The van der Waals surface area contributed by atoms with Crippen molar-refractivity contribution < 1.29 is 0 Å². The highest BCUT2D eigenvalue weighted by atomic mass is 79.9. The number of nitrogens with zero attached hydrogens (tertiary/aromatic N) is 3. The van der Waals surface area contributed by atoms with Crippen LogP contribution in [0.4, 0.5) is 0 Å².